The van der Waals surface area contributed by atoms with Gasteiger partial charge in [-0.15, -0.1) is 0 Å². The van der Waals surface area contributed by atoms with Gasteiger partial charge in [0.05, 0.1) is 0 Å². The van der Waals surface area contributed by atoms with Crippen LogP contribution in [0.5, 0.6) is 0 Å². The molecule has 0 radical (unpaired) electrons. The predicted molar refractivity (Wildman–Crippen MR) is 29.5 cm³/mol. The van der Waals surface area contributed by atoms with Gasteiger partial charge in [0.2, 0.25) is 0 Å². The molecule has 0 aromatic heterocycles. The van der Waals surface area contributed by atoms with Crippen LogP contribution in [0.4, 0.5) is 0 Å². The molecule has 0 saturated heterocycles. The molecular weight excluding hydrogens is 99.6 g/mol. The van der Waals surface area contributed by atoms with Crippen LogP contribution in [0.1, 0.15) is 13.3 Å². The van der Waals surface area contributed by atoms with Gasteiger partial charge in [0.1, 0.15) is 8.83 Å². The fourth-order valence-electron chi connectivity index (χ4n) is 0.134. The van der Waals surface area contributed by atoms with Gasteiger partial charge in [-0.2, -0.15) is 11.1 Å². The highest BCUT2D eigenvalue weighted by molar-refractivity contribution is 6.93. The summed E-state index contributed by atoms with van der Waals surface area (Å²) >= 11 is 5.44. The first-order valence-electron chi connectivity index (χ1n) is 1.97. The van der Waals surface area contributed by atoms with Gasteiger partial charge in [0, 0.05) is 0 Å². The van der Waals surface area contributed by atoms with Crippen LogP contribution in [0, 0.1) is 0 Å². The monoisotopic (exact) mass is 108 g/mol. The summed E-state index contributed by atoms with van der Waals surface area (Å²) in [4.78, 5) is 0. The number of halogens is 1. The second-order valence-corrected chi connectivity index (χ2v) is 3.26. The van der Waals surface area contributed by atoms with Gasteiger partial charge in [-0.1, -0.05) is 13.3 Å². The Morgan fingerprint density at radius 2 is 2.40 bits per heavy atom. The zero-order chi connectivity index (χ0) is 4.12. The summed E-state index contributed by atoms with van der Waals surface area (Å²) in [5.74, 6) is 0. The van der Waals surface area contributed by atoms with E-state index in [2.05, 4.69) is 6.92 Å². The molecule has 0 saturated carbocycles. The molecular formula is C3H9ClSi. The Labute approximate surface area is 40.1 Å². The first-order chi connectivity index (χ1) is 2.41. The van der Waals surface area contributed by atoms with Crippen molar-refractivity contribution in [3.63, 3.8) is 0 Å². The SMILES string of the molecule is CCC[SiH2]Cl. The van der Waals surface area contributed by atoms with Crippen LogP contribution in [-0.4, -0.2) is 8.83 Å². The third-order valence-corrected chi connectivity index (χ3v) is 2.26. The molecule has 5 heavy (non-hydrogen) atoms. The van der Waals surface area contributed by atoms with Crippen LogP contribution in [0.25, 0.3) is 0 Å². The lowest BCUT2D eigenvalue weighted by Gasteiger charge is -1.75. The van der Waals surface area contributed by atoms with E-state index in [1.807, 2.05) is 0 Å². The van der Waals surface area contributed by atoms with Crippen molar-refractivity contribution in [2.24, 2.45) is 0 Å². The van der Waals surface area contributed by atoms with Crippen LogP contribution in [0.2, 0.25) is 6.04 Å². The van der Waals surface area contributed by atoms with E-state index in [1.165, 1.54) is 12.5 Å². The van der Waals surface area contributed by atoms with Crippen LogP contribution in [-0.2, 0) is 0 Å². The van der Waals surface area contributed by atoms with Crippen molar-refractivity contribution in [3.05, 3.63) is 0 Å². The Morgan fingerprint density at radius 3 is 2.40 bits per heavy atom. The van der Waals surface area contributed by atoms with E-state index in [0.717, 1.165) is 0 Å². The Balaban J connectivity index is 2.19. The molecule has 0 aliphatic rings. The van der Waals surface area contributed by atoms with E-state index in [-0.39, 0.29) is 8.83 Å². The number of hydrogen-bond donors (Lipinski definition) is 0. The summed E-state index contributed by atoms with van der Waals surface area (Å²) in [5.41, 5.74) is 0. The minimum absolute atomic E-state index is 0.114. The van der Waals surface area contributed by atoms with E-state index in [4.69, 9.17) is 11.1 Å². The third kappa shape index (κ3) is 4.51. The van der Waals surface area contributed by atoms with E-state index in [1.54, 1.807) is 0 Å². The first-order valence-corrected chi connectivity index (χ1v) is 5.11. The Hall–Kier alpha value is 0.507. The number of hydrogen-bond acceptors (Lipinski definition) is 0. The van der Waals surface area contributed by atoms with E-state index in [9.17, 15) is 0 Å². The third-order valence-electron chi connectivity index (χ3n) is 0.487. The maximum absolute atomic E-state index is 5.44. The van der Waals surface area contributed by atoms with Crippen molar-refractivity contribution in [2.75, 3.05) is 0 Å². The summed E-state index contributed by atoms with van der Waals surface area (Å²) in [5, 5.41) is 0. The van der Waals surface area contributed by atoms with E-state index < -0.39 is 0 Å². The summed E-state index contributed by atoms with van der Waals surface area (Å²) in [6, 6.07) is 1.29. The molecule has 0 heterocycles. The molecule has 0 aliphatic carbocycles. The summed E-state index contributed by atoms with van der Waals surface area (Å²) in [7, 11) is -0.114. The molecule has 32 valence electrons. The highest BCUT2D eigenvalue weighted by Gasteiger charge is 1.72. The molecule has 2 heteroatoms. The molecule has 0 N–H and O–H groups in total. The average Bonchev–Trinajstić information content (AvgIpc) is 1.41. The standard InChI is InChI=1S/C3H9ClSi/c1-2-3-5-4/h2-3,5H2,1H3. The zero-order valence-corrected chi connectivity index (χ0v) is 5.67. The zero-order valence-electron chi connectivity index (χ0n) is 3.50. The fraction of sp³-hybridized carbons (Fsp3) is 1.00. The van der Waals surface area contributed by atoms with Crippen LogP contribution < -0.4 is 0 Å². The summed E-state index contributed by atoms with van der Waals surface area (Å²) in [6.07, 6.45) is 1.27. The summed E-state index contributed by atoms with van der Waals surface area (Å²) < 4.78 is 0. The lowest BCUT2D eigenvalue weighted by molar-refractivity contribution is 1.08. The van der Waals surface area contributed by atoms with Crippen molar-refractivity contribution in [3.8, 4) is 0 Å². The van der Waals surface area contributed by atoms with Gasteiger partial charge in [-0.3, -0.25) is 0 Å². The second kappa shape index (κ2) is 4.51. The molecule has 0 aromatic rings. The normalized spacial score (nSPS) is 10.8. The van der Waals surface area contributed by atoms with Gasteiger partial charge >= 0.3 is 0 Å². The van der Waals surface area contributed by atoms with Crippen LogP contribution in [0.15, 0.2) is 0 Å². The van der Waals surface area contributed by atoms with Gasteiger partial charge in [0.15, 0.2) is 0 Å². The lowest BCUT2D eigenvalue weighted by Crippen LogP contribution is -1.69. The van der Waals surface area contributed by atoms with Crippen LogP contribution >= 0.6 is 11.1 Å². The minimum atomic E-state index is -0.114. The van der Waals surface area contributed by atoms with Gasteiger partial charge in [-0.25, -0.2) is 0 Å². The first kappa shape index (κ1) is 5.51. The van der Waals surface area contributed by atoms with Crippen molar-refractivity contribution < 1.29 is 0 Å². The van der Waals surface area contributed by atoms with Gasteiger partial charge < -0.3 is 0 Å². The largest absolute Gasteiger partial charge is 0.176 e. The maximum Gasteiger partial charge on any atom is 0.125 e. The maximum atomic E-state index is 5.44. The lowest BCUT2D eigenvalue weighted by atomic mass is 10.6. The molecule has 0 fully saturated rings. The van der Waals surface area contributed by atoms with Gasteiger partial charge in [0.25, 0.3) is 0 Å². The predicted octanol–water partition coefficient (Wildman–Crippen LogP) is 1.14. The van der Waals surface area contributed by atoms with Crippen molar-refractivity contribution in [1.29, 1.82) is 0 Å². The number of rotatable bonds is 2. The molecule has 0 unspecified atom stereocenters. The molecule has 0 rings (SSSR count). The molecule has 0 nitrogen and oxygen atoms in total. The topological polar surface area (TPSA) is 0 Å². The Kier molecular flexibility index (Phi) is 4.96. The Bertz CT molecular complexity index is 14.4. The highest BCUT2D eigenvalue weighted by Crippen LogP contribution is 1.85. The quantitative estimate of drug-likeness (QED) is 0.368. The van der Waals surface area contributed by atoms with Crippen molar-refractivity contribution in [2.45, 2.75) is 19.4 Å². The molecule has 0 amide bonds. The molecule has 0 bridgehead atoms. The smallest absolute Gasteiger partial charge is 0.125 e. The van der Waals surface area contributed by atoms with E-state index >= 15 is 0 Å². The Morgan fingerprint density at radius 1 is 1.80 bits per heavy atom. The van der Waals surface area contributed by atoms with Gasteiger partial charge in [-0.05, 0) is 6.04 Å². The molecule has 0 aromatic carbocycles. The molecule has 0 aliphatic heterocycles. The van der Waals surface area contributed by atoms with E-state index in [0.29, 0.717) is 0 Å². The summed E-state index contributed by atoms with van der Waals surface area (Å²) in [6.45, 7) is 2.16. The average molecular weight is 109 g/mol. The second-order valence-electron chi connectivity index (χ2n) is 1.04. The highest BCUT2D eigenvalue weighted by atomic mass is 35.6. The van der Waals surface area contributed by atoms with Crippen molar-refractivity contribution >= 4 is 19.9 Å². The fourth-order valence-corrected chi connectivity index (χ4v) is 1.20. The van der Waals surface area contributed by atoms with Crippen molar-refractivity contribution in [1.82, 2.24) is 0 Å². The van der Waals surface area contributed by atoms with Crippen LogP contribution in [0.3, 0.4) is 0 Å². The molecule has 0 spiro atoms. The molecule has 0 atom stereocenters. The minimum Gasteiger partial charge on any atom is -0.176 e.